The van der Waals surface area contributed by atoms with E-state index in [1.54, 1.807) is 24.3 Å². The van der Waals surface area contributed by atoms with Crippen LogP contribution in [0.15, 0.2) is 66.7 Å². The molecule has 176 valence electrons. The van der Waals surface area contributed by atoms with E-state index in [0.29, 0.717) is 29.8 Å². The highest BCUT2D eigenvalue weighted by atomic mass is 16.4. The van der Waals surface area contributed by atoms with Gasteiger partial charge in [-0.2, -0.15) is 0 Å². The van der Waals surface area contributed by atoms with Crippen molar-refractivity contribution < 1.29 is 14.7 Å². The number of nitrogens with two attached hydrogens (primary N) is 1. The molecule has 0 aliphatic carbocycles. The first-order chi connectivity index (χ1) is 16.0. The number of carboxylic acids is 1. The molecule has 0 unspecified atom stereocenters. The lowest BCUT2D eigenvalue weighted by Gasteiger charge is -2.19. The van der Waals surface area contributed by atoms with Gasteiger partial charge >= 0.3 is 5.97 Å². The van der Waals surface area contributed by atoms with Crippen LogP contribution in [-0.4, -0.2) is 29.4 Å². The second-order valence-electron chi connectivity index (χ2n) is 9.31. The van der Waals surface area contributed by atoms with Crippen LogP contribution in [0.1, 0.15) is 52.6 Å². The topological polar surface area (TPSA) is 128 Å². The Morgan fingerprint density at radius 1 is 0.941 bits per heavy atom. The molecule has 0 atom stereocenters. The minimum atomic E-state index is -1.09. The Morgan fingerprint density at radius 2 is 1.59 bits per heavy atom. The lowest BCUT2D eigenvalue weighted by molar-refractivity contribution is 0.0697. The number of amides is 1. The molecule has 3 rings (SSSR count). The van der Waals surface area contributed by atoms with Crippen LogP contribution in [0.2, 0.25) is 0 Å². The molecule has 6 N–H and O–H groups in total. The average molecular weight is 459 g/mol. The van der Waals surface area contributed by atoms with E-state index in [-0.39, 0.29) is 22.7 Å². The van der Waals surface area contributed by atoms with Crippen LogP contribution in [0.25, 0.3) is 11.1 Å². The van der Waals surface area contributed by atoms with Gasteiger partial charge in [0.05, 0.1) is 5.56 Å². The summed E-state index contributed by atoms with van der Waals surface area (Å²) in [5.41, 5.74) is 9.53. The number of carbonyl (C=O) groups is 2. The molecule has 0 radical (unpaired) electrons. The molecule has 3 aromatic rings. The van der Waals surface area contributed by atoms with Crippen molar-refractivity contribution in [1.82, 2.24) is 5.32 Å². The number of aromatic carboxylic acids is 1. The zero-order valence-electron chi connectivity index (χ0n) is 19.6. The largest absolute Gasteiger partial charge is 0.478 e. The quantitative estimate of drug-likeness (QED) is 0.246. The monoisotopic (exact) mass is 458 g/mol. The van der Waals surface area contributed by atoms with Gasteiger partial charge in [-0.1, -0.05) is 51.1 Å². The molecule has 0 fully saturated rings. The van der Waals surface area contributed by atoms with Crippen molar-refractivity contribution in [2.24, 2.45) is 11.1 Å². The summed E-state index contributed by atoms with van der Waals surface area (Å²) < 4.78 is 0. The van der Waals surface area contributed by atoms with Crippen LogP contribution in [0, 0.1) is 10.8 Å². The number of carboxylic acid groups (broad SMARTS) is 1. The smallest absolute Gasteiger partial charge is 0.336 e. The number of hydrogen-bond donors (Lipinski definition) is 5. The first kappa shape index (κ1) is 24.5. The van der Waals surface area contributed by atoms with Crippen molar-refractivity contribution in [3.05, 3.63) is 89.0 Å². The van der Waals surface area contributed by atoms with Gasteiger partial charge in [0.1, 0.15) is 5.84 Å². The van der Waals surface area contributed by atoms with Crippen LogP contribution in [0.4, 0.5) is 5.69 Å². The number of anilines is 1. The molecule has 0 saturated heterocycles. The standard InChI is InChI=1S/C27H30N4O3/c1-27(2,3)16-31-25(32)18-10-13-22(23(14-18)26(33)34)21-7-5-4-6-19(21)15-30-20-11-8-17(9-12-20)24(28)29/h4-14,30H,15-16H2,1-3H3,(H3,28,29)(H,31,32)(H,33,34). The molecule has 0 saturated carbocycles. The maximum atomic E-state index is 12.6. The van der Waals surface area contributed by atoms with Crippen molar-refractivity contribution in [2.75, 3.05) is 11.9 Å². The molecule has 0 spiro atoms. The van der Waals surface area contributed by atoms with Crippen LogP contribution in [0.3, 0.4) is 0 Å². The number of rotatable bonds is 8. The van der Waals surface area contributed by atoms with Gasteiger partial charge in [-0.15, -0.1) is 0 Å². The van der Waals surface area contributed by atoms with Gasteiger partial charge in [0, 0.05) is 29.9 Å². The van der Waals surface area contributed by atoms with E-state index in [2.05, 4.69) is 10.6 Å². The van der Waals surface area contributed by atoms with E-state index < -0.39 is 5.97 Å². The maximum absolute atomic E-state index is 12.6. The van der Waals surface area contributed by atoms with E-state index in [1.165, 1.54) is 6.07 Å². The third kappa shape index (κ3) is 6.22. The Hall–Kier alpha value is -4.13. The molecule has 7 nitrogen and oxygen atoms in total. The molecule has 0 aliphatic heterocycles. The fourth-order valence-electron chi connectivity index (χ4n) is 3.45. The van der Waals surface area contributed by atoms with Gasteiger partial charge in [0.25, 0.3) is 5.91 Å². The van der Waals surface area contributed by atoms with Crippen LogP contribution >= 0.6 is 0 Å². The number of nitrogen functional groups attached to an aromatic ring is 1. The van der Waals surface area contributed by atoms with Crippen molar-refractivity contribution in [1.29, 1.82) is 5.41 Å². The number of carbonyl (C=O) groups excluding carboxylic acids is 1. The summed E-state index contributed by atoms with van der Waals surface area (Å²) in [4.78, 5) is 24.7. The molecule has 34 heavy (non-hydrogen) atoms. The number of benzene rings is 3. The predicted molar refractivity (Wildman–Crippen MR) is 135 cm³/mol. The average Bonchev–Trinajstić information content (AvgIpc) is 2.80. The minimum absolute atomic E-state index is 0.00799. The van der Waals surface area contributed by atoms with Crippen LogP contribution < -0.4 is 16.4 Å². The summed E-state index contributed by atoms with van der Waals surface area (Å²) in [5, 5.41) is 23.6. The Labute approximate surface area is 199 Å². The first-order valence-electron chi connectivity index (χ1n) is 11.0. The molecular weight excluding hydrogens is 428 g/mol. The highest BCUT2D eigenvalue weighted by Crippen LogP contribution is 2.29. The van der Waals surface area contributed by atoms with Gasteiger partial charge < -0.3 is 21.5 Å². The van der Waals surface area contributed by atoms with E-state index in [0.717, 1.165) is 16.8 Å². The third-order valence-electron chi connectivity index (χ3n) is 5.28. The Morgan fingerprint density at radius 3 is 2.21 bits per heavy atom. The van der Waals surface area contributed by atoms with Crippen molar-refractivity contribution in [2.45, 2.75) is 27.3 Å². The molecular formula is C27H30N4O3. The zero-order valence-corrected chi connectivity index (χ0v) is 19.6. The normalized spacial score (nSPS) is 11.0. The summed E-state index contributed by atoms with van der Waals surface area (Å²) >= 11 is 0. The van der Waals surface area contributed by atoms with E-state index in [1.807, 2.05) is 57.2 Å². The van der Waals surface area contributed by atoms with Gasteiger partial charge in [0.15, 0.2) is 0 Å². The molecule has 3 aromatic carbocycles. The van der Waals surface area contributed by atoms with E-state index in [9.17, 15) is 14.7 Å². The summed E-state index contributed by atoms with van der Waals surface area (Å²) in [7, 11) is 0. The number of amidine groups is 1. The molecule has 0 heterocycles. The van der Waals surface area contributed by atoms with Gasteiger partial charge in [-0.05, 0) is 58.5 Å². The lowest BCUT2D eigenvalue weighted by Crippen LogP contribution is -2.32. The Bertz CT molecular complexity index is 1210. The minimum Gasteiger partial charge on any atom is -0.478 e. The highest BCUT2D eigenvalue weighted by molar-refractivity contribution is 6.02. The predicted octanol–water partition coefficient (Wildman–Crippen LogP) is 4.72. The van der Waals surface area contributed by atoms with Gasteiger partial charge in [0.2, 0.25) is 0 Å². The SMILES string of the molecule is CC(C)(C)CNC(=O)c1ccc(-c2ccccc2CNc2ccc(C(=N)N)cc2)c(C(=O)O)c1. The van der Waals surface area contributed by atoms with E-state index in [4.69, 9.17) is 11.1 Å². The molecule has 7 heteroatoms. The fourth-order valence-corrected chi connectivity index (χ4v) is 3.45. The number of hydrogen-bond acceptors (Lipinski definition) is 4. The van der Waals surface area contributed by atoms with Crippen molar-refractivity contribution >= 4 is 23.4 Å². The van der Waals surface area contributed by atoms with E-state index >= 15 is 0 Å². The highest BCUT2D eigenvalue weighted by Gasteiger charge is 2.19. The summed E-state index contributed by atoms with van der Waals surface area (Å²) in [6, 6.07) is 19.6. The summed E-state index contributed by atoms with van der Waals surface area (Å²) in [6.45, 7) is 6.99. The Balaban J connectivity index is 1.87. The molecule has 0 aliphatic rings. The summed E-state index contributed by atoms with van der Waals surface area (Å²) in [5.74, 6) is -1.38. The van der Waals surface area contributed by atoms with Crippen LogP contribution in [-0.2, 0) is 6.54 Å². The maximum Gasteiger partial charge on any atom is 0.336 e. The second-order valence-corrected chi connectivity index (χ2v) is 9.31. The summed E-state index contributed by atoms with van der Waals surface area (Å²) in [6.07, 6.45) is 0. The Kier molecular flexibility index (Phi) is 7.36. The fraction of sp³-hybridized carbons (Fsp3) is 0.222. The molecule has 0 aromatic heterocycles. The van der Waals surface area contributed by atoms with Crippen molar-refractivity contribution in [3.8, 4) is 11.1 Å². The van der Waals surface area contributed by atoms with Crippen molar-refractivity contribution in [3.63, 3.8) is 0 Å². The second kappa shape index (κ2) is 10.2. The zero-order chi connectivity index (χ0) is 24.9. The van der Waals surface area contributed by atoms with Gasteiger partial charge in [-0.25, -0.2) is 4.79 Å². The number of nitrogens with one attached hydrogen (secondary N) is 3. The molecule has 1 amide bonds. The van der Waals surface area contributed by atoms with Gasteiger partial charge in [-0.3, -0.25) is 10.2 Å². The van der Waals surface area contributed by atoms with Crippen LogP contribution in [0.5, 0.6) is 0 Å². The third-order valence-corrected chi connectivity index (χ3v) is 5.28. The molecule has 0 bridgehead atoms. The first-order valence-corrected chi connectivity index (χ1v) is 11.0. The lowest BCUT2D eigenvalue weighted by atomic mass is 9.93.